The van der Waals surface area contributed by atoms with E-state index in [1.165, 1.54) is 38.6 Å². The van der Waals surface area contributed by atoms with E-state index in [2.05, 4.69) is 257 Å². The quantitative estimate of drug-likeness (QED) is 0.0891. The van der Waals surface area contributed by atoms with Crippen molar-refractivity contribution >= 4 is 80.1 Å². The number of rotatable bonds is 12. The van der Waals surface area contributed by atoms with E-state index in [0.29, 0.717) is 11.5 Å². The molecule has 0 spiro atoms. The van der Waals surface area contributed by atoms with E-state index in [4.69, 9.17) is 9.72 Å². The minimum absolute atomic E-state index is 0. The van der Waals surface area contributed by atoms with Crippen molar-refractivity contribution in [3.63, 3.8) is 0 Å². The summed E-state index contributed by atoms with van der Waals surface area (Å²) >= 11 is 0. The van der Waals surface area contributed by atoms with Gasteiger partial charge in [-0.05, 0) is 141 Å². The molecule has 0 radical (unpaired) electrons. The average molecular weight is 1260 g/mol. The third-order valence-electron chi connectivity index (χ3n) is 15.9. The van der Waals surface area contributed by atoms with Crippen molar-refractivity contribution in [2.45, 2.75) is 0 Å². The van der Waals surface area contributed by atoms with E-state index in [9.17, 15) is 0 Å². The number of aromatic nitrogens is 1. The van der Waals surface area contributed by atoms with Crippen LogP contribution in [0, 0.1) is 18.8 Å². The molecule has 1 aromatic heterocycles. The van der Waals surface area contributed by atoms with Crippen LogP contribution in [0.4, 0.5) is 57.0 Å². The topological polar surface area (TPSA) is 38.3 Å². The van der Waals surface area contributed by atoms with Crippen molar-refractivity contribution in [1.29, 1.82) is 0 Å². The van der Waals surface area contributed by atoms with Crippen molar-refractivity contribution in [3.05, 3.63) is 310 Å². The zero-order valence-electron chi connectivity index (χ0n) is 45.8. The smallest absolute Gasteiger partial charge is 0.252 e. The first-order valence-electron chi connectivity index (χ1n) is 28.0. The fourth-order valence-electron chi connectivity index (χ4n) is 12.0. The predicted octanol–water partition coefficient (Wildman–Crippen LogP) is 17.0. The van der Waals surface area contributed by atoms with Gasteiger partial charge in [-0.15, -0.1) is 42.1 Å². The number of fused-ring (bicyclic) bond motifs is 4. The average Bonchev–Trinajstić information content (AvgIpc) is 0.843. The maximum atomic E-state index is 6.67. The molecule has 0 saturated carbocycles. The van der Waals surface area contributed by atoms with Crippen LogP contribution >= 0.6 is 0 Å². The Morgan fingerprint density at radius 3 is 1.38 bits per heavy atom. The minimum atomic E-state index is -0.182. The molecule has 3 aliphatic rings. The molecule has 7 nitrogen and oxygen atoms in total. The Hall–Kier alpha value is -10.1. The van der Waals surface area contributed by atoms with Crippen LogP contribution in [-0.4, -0.2) is 23.6 Å². The summed E-state index contributed by atoms with van der Waals surface area (Å²) in [4.78, 5) is 16.3. The Bertz CT molecular complexity index is 4160. The Morgan fingerprint density at radius 2 is 0.893 bits per heavy atom. The normalized spacial score (nSPS) is 12.8. The van der Waals surface area contributed by atoms with E-state index in [1.807, 2.05) is 84.6 Å². The molecule has 3 aliphatic heterocycles. The van der Waals surface area contributed by atoms with E-state index >= 15 is 0 Å². The van der Waals surface area contributed by atoms with Gasteiger partial charge in [0, 0.05) is 78.6 Å². The second-order valence-corrected chi connectivity index (χ2v) is 21.0. The zero-order chi connectivity index (χ0) is 55.2. The summed E-state index contributed by atoms with van der Waals surface area (Å²) in [6.45, 7) is 1.82. The summed E-state index contributed by atoms with van der Waals surface area (Å²) in [5.74, 6) is 1.84. The SMILES string of the molecule is CN1C=CN(c2[c-]c(Oc3[c-]c(N(c4cc5c6c(c4)N(c4ccc(-c7ccccc7)cc4)c4ccc(-c7ccccc7)cc4B6c4cc(-c6ccccc6)ccc4N5c4ccc(-c5ccccc5)cc4)c4ccccn4)ccc3)ccc2)[CH-]1.[Pt]. The van der Waals surface area contributed by atoms with Gasteiger partial charge < -0.3 is 29.2 Å². The predicted molar refractivity (Wildman–Crippen MR) is 343 cm³/mol. The number of ether oxygens (including phenoxy) is 1. The Labute approximate surface area is 505 Å². The second-order valence-electron chi connectivity index (χ2n) is 21.0. The van der Waals surface area contributed by atoms with Gasteiger partial charge in [0.25, 0.3) is 6.71 Å². The van der Waals surface area contributed by atoms with Gasteiger partial charge in [0.15, 0.2) is 0 Å². The van der Waals surface area contributed by atoms with Crippen LogP contribution in [0.3, 0.4) is 0 Å². The molecule has 9 heteroatoms. The molecule has 0 N–H and O–H groups in total. The molecule has 11 aromatic carbocycles. The van der Waals surface area contributed by atoms with Crippen LogP contribution in [0.5, 0.6) is 11.5 Å². The first kappa shape index (κ1) is 52.0. The molecule has 15 rings (SSSR count). The van der Waals surface area contributed by atoms with E-state index in [-0.39, 0.29) is 27.8 Å². The first-order chi connectivity index (χ1) is 41.0. The summed E-state index contributed by atoms with van der Waals surface area (Å²) in [6, 6.07) is 105. The number of nitrogens with zero attached hydrogens (tertiary/aromatic N) is 6. The molecule has 0 aliphatic carbocycles. The molecular formula is C75H52BN6OPt-3. The van der Waals surface area contributed by atoms with Crippen molar-refractivity contribution in [2.24, 2.45) is 0 Å². The number of hydrogen-bond donors (Lipinski definition) is 0. The number of anilines is 10. The Balaban J connectivity index is 0.00000627. The molecule has 0 unspecified atom stereocenters. The largest absolute Gasteiger partial charge is 0.510 e. The fraction of sp³-hybridized carbons (Fsp3) is 0.0133. The van der Waals surface area contributed by atoms with Gasteiger partial charge in [-0.25, -0.2) is 4.98 Å². The Kier molecular flexibility index (Phi) is 13.8. The second kappa shape index (κ2) is 22.3. The van der Waals surface area contributed by atoms with Gasteiger partial charge >= 0.3 is 0 Å². The van der Waals surface area contributed by atoms with Crippen LogP contribution in [-0.2, 0) is 21.1 Å². The first-order valence-corrected chi connectivity index (χ1v) is 28.0. The minimum Gasteiger partial charge on any atom is -0.510 e. The van der Waals surface area contributed by atoms with Crippen LogP contribution in [0.1, 0.15) is 0 Å². The molecule has 0 saturated heterocycles. The monoisotopic (exact) mass is 1260 g/mol. The van der Waals surface area contributed by atoms with Crippen molar-refractivity contribution < 1.29 is 25.8 Å². The molecule has 0 fully saturated rings. The van der Waals surface area contributed by atoms with Crippen molar-refractivity contribution in [2.75, 3.05) is 26.6 Å². The third-order valence-corrected chi connectivity index (χ3v) is 15.9. The van der Waals surface area contributed by atoms with Gasteiger partial charge in [0.2, 0.25) is 0 Å². The van der Waals surface area contributed by atoms with E-state index in [0.717, 1.165) is 79.3 Å². The van der Waals surface area contributed by atoms with Crippen molar-refractivity contribution in [3.8, 4) is 56.0 Å². The molecule has 0 amide bonds. The van der Waals surface area contributed by atoms with Gasteiger partial charge in [0.1, 0.15) is 5.82 Å². The summed E-state index contributed by atoms with van der Waals surface area (Å²) in [7, 11) is 2.00. The standard InChI is InChI=1S/C75H52BN6O.Pt/c1-78-44-45-79(52-78)63-26-16-28-66(48-63)83-67-29-17-27-64(49-67)80(74-30-14-15-43-77-74)65-50-72-75-73(51-65)82(62-39-33-58(34-40-62)54-20-8-3-9-21-54)71-42-36-60(56-24-12-5-13-25-56)47-69(71)76(75)68-46-59(55-22-10-4-11-23-55)35-41-70(68)81(72)61-37-31-57(32-38-61)53-18-6-2-7-19-53;/h2-47,50-52H,1H3;/q-3;. The molecule has 0 bridgehead atoms. The van der Waals surface area contributed by atoms with Crippen LogP contribution in [0.2, 0.25) is 0 Å². The molecule has 84 heavy (non-hydrogen) atoms. The summed E-state index contributed by atoms with van der Waals surface area (Å²) < 4.78 is 6.67. The fourth-order valence-corrected chi connectivity index (χ4v) is 12.0. The van der Waals surface area contributed by atoms with Gasteiger partial charge in [0.05, 0.1) is 0 Å². The van der Waals surface area contributed by atoms with Gasteiger partial charge in [-0.3, -0.25) is 0 Å². The van der Waals surface area contributed by atoms with E-state index in [1.54, 1.807) is 0 Å². The van der Waals surface area contributed by atoms with E-state index < -0.39 is 0 Å². The number of hydrogen-bond acceptors (Lipinski definition) is 7. The van der Waals surface area contributed by atoms with Crippen LogP contribution in [0.15, 0.2) is 292 Å². The molecule has 12 aromatic rings. The molecule has 404 valence electrons. The van der Waals surface area contributed by atoms with Crippen LogP contribution < -0.4 is 40.7 Å². The zero-order valence-corrected chi connectivity index (χ0v) is 48.0. The number of benzene rings is 11. The van der Waals surface area contributed by atoms with Crippen molar-refractivity contribution in [1.82, 2.24) is 9.88 Å². The molecule has 0 atom stereocenters. The summed E-state index contributed by atoms with van der Waals surface area (Å²) in [5.41, 5.74) is 21.8. The van der Waals surface area contributed by atoms with Crippen LogP contribution in [0.25, 0.3) is 44.5 Å². The molecular weight excluding hydrogens is 1210 g/mol. The Morgan fingerprint density at radius 1 is 0.429 bits per heavy atom. The van der Waals surface area contributed by atoms with Gasteiger partial charge in [-0.2, -0.15) is 18.8 Å². The summed E-state index contributed by atoms with van der Waals surface area (Å²) in [6.07, 6.45) is 5.86. The number of pyridine rings is 1. The maximum Gasteiger partial charge on any atom is 0.252 e. The molecule has 4 heterocycles. The third kappa shape index (κ3) is 9.70. The summed E-state index contributed by atoms with van der Waals surface area (Å²) in [5, 5.41) is 0. The van der Waals surface area contributed by atoms with Gasteiger partial charge in [-0.1, -0.05) is 182 Å². The maximum absolute atomic E-state index is 6.67.